The third-order valence-electron chi connectivity index (χ3n) is 1.78. The highest BCUT2D eigenvalue weighted by molar-refractivity contribution is 5.86. The maximum atomic E-state index is 11.3. The molecule has 5 heteroatoms. The maximum Gasteiger partial charge on any atom is 0.374 e. The summed E-state index contributed by atoms with van der Waals surface area (Å²) in [4.78, 5) is 22.1. The van der Waals surface area contributed by atoms with Crippen LogP contribution in [0.15, 0.2) is 16.5 Å². The van der Waals surface area contributed by atoms with Gasteiger partial charge in [0.25, 0.3) is 0 Å². The molecule has 1 aromatic heterocycles. The van der Waals surface area contributed by atoms with Gasteiger partial charge in [-0.3, -0.25) is 4.79 Å². The zero-order chi connectivity index (χ0) is 11.3. The van der Waals surface area contributed by atoms with E-state index in [1.54, 1.807) is 13.0 Å². The van der Waals surface area contributed by atoms with Crippen molar-refractivity contribution in [3.63, 3.8) is 0 Å². The fourth-order valence-corrected chi connectivity index (χ4v) is 0.977. The summed E-state index contributed by atoms with van der Waals surface area (Å²) in [5.41, 5.74) is 0. The summed E-state index contributed by atoms with van der Waals surface area (Å²) in [6.07, 6.45) is 0.155. The molecule has 0 aliphatic rings. The van der Waals surface area contributed by atoms with E-state index in [4.69, 9.17) is 9.15 Å². The Morgan fingerprint density at radius 3 is 2.73 bits per heavy atom. The molecule has 15 heavy (non-hydrogen) atoms. The third-order valence-corrected chi connectivity index (χ3v) is 1.78. The van der Waals surface area contributed by atoms with E-state index in [0.29, 0.717) is 5.76 Å². The third kappa shape index (κ3) is 3.46. The van der Waals surface area contributed by atoms with Gasteiger partial charge in [-0.1, -0.05) is 0 Å². The SMILES string of the molecule is CNC(=O)CCOC(=O)c1ccc(C)o1. The minimum atomic E-state index is -0.549. The summed E-state index contributed by atoms with van der Waals surface area (Å²) in [5.74, 6) is 0.0862. The molecule has 1 N–H and O–H groups in total. The molecular weight excluding hydrogens is 198 g/mol. The molecule has 1 aromatic rings. The Morgan fingerprint density at radius 1 is 1.47 bits per heavy atom. The van der Waals surface area contributed by atoms with Gasteiger partial charge in [0, 0.05) is 7.05 Å². The molecule has 0 saturated heterocycles. The van der Waals surface area contributed by atoms with E-state index < -0.39 is 5.97 Å². The Balaban J connectivity index is 2.34. The zero-order valence-corrected chi connectivity index (χ0v) is 8.70. The lowest BCUT2D eigenvalue weighted by Gasteiger charge is -2.01. The van der Waals surface area contributed by atoms with Crippen LogP contribution in [0.5, 0.6) is 0 Å². The fourth-order valence-electron chi connectivity index (χ4n) is 0.977. The van der Waals surface area contributed by atoms with Gasteiger partial charge in [-0.15, -0.1) is 0 Å². The average Bonchev–Trinajstić information content (AvgIpc) is 2.64. The average molecular weight is 211 g/mol. The van der Waals surface area contributed by atoms with Gasteiger partial charge in [0.15, 0.2) is 0 Å². The Hall–Kier alpha value is -1.78. The summed E-state index contributed by atoms with van der Waals surface area (Å²) in [6.45, 7) is 1.79. The Kier molecular flexibility index (Phi) is 3.91. The van der Waals surface area contributed by atoms with Crippen LogP contribution >= 0.6 is 0 Å². The molecule has 0 bridgehead atoms. The molecular formula is C10H13NO4. The van der Waals surface area contributed by atoms with Crippen molar-refractivity contribution in [2.24, 2.45) is 0 Å². The van der Waals surface area contributed by atoms with Crippen LogP contribution in [0.1, 0.15) is 22.7 Å². The first kappa shape index (κ1) is 11.3. The quantitative estimate of drug-likeness (QED) is 0.750. The number of amides is 1. The minimum Gasteiger partial charge on any atom is -0.459 e. The molecule has 0 aliphatic heterocycles. The number of nitrogens with one attached hydrogen (secondary N) is 1. The van der Waals surface area contributed by atoms with Crippen molar-refractivity contribution in [2.75, 3.05) is 13.7 Å². The van der Waals surface area contributed by atoms with Crippen molar-refractivity contribution in [1.29, 1.82) is 0 Å². The molecule has 1 rings (SSSR count). The Morgan fingerprint density at radius 2 is 2.20 bits per heavy atom. The number of ether oxygens (including phenoxy) is 1. The number of aryl methyl sites for hydroxylation is 1. The predicted molar refractivity (Wildman–Crippen MR) is 52.4 cm³/mol. The number of hydrogen-bond donors (Lipinski definition) is 1. The van der Waals surface area contributed by atoms with E-state index in [0.717, 1.165) is 0 Å². The second-order valence-electron chi connectivity index (χ2n) is 2.97. The van der Waals surface area contributed by atoms with Crippen LogP contribution in [-0.4, -0.2) is 25.5 Å². The van der Waals surface area contributed by atoms with Gasteiger partial charge in [-0.05, 0) is 19.1 Å². The number of carbonyl (C=O) groups excluding carboxylic acids is 2. The zero-order valence-electron chi connectivity index (χ0n) is 8.70. The van der Waals surface area contributed by atoms with Crippen LogP contribution in [-0.2, 0) is 9.53 Å². The van der Waals surface area contributed by atoms with E-state index in [-0.39, 0.29) is 24.7 Å². The molecule has 0 saturated carbocycles. The van der Waals surface area contributed by atoms with Crippen molar-refractivity contribution in [2.45, 2.75) is 13.3 Å². The molecule has 1 amide bonds. The fraction of sp³-hybridized carbons (Fsp3) is 0.400. The first-order chi connectivity index (χ1) is 7.13. The molecule has 1 heterocycles. The van der Waals surface area contributed by atoms with Gasteiger partial charge in [-0.2, -0.15) is 0 Å². The van der Waals surface area contributed by atoms with Crippen LogP contribution in [0, 0.1) is 6.92 Å². The van der Waals surface area contributed by atoms with Crippen molar-refractivity contribution >= 4 is 11.9 Å². The van der Waals surface area contributed by atoms with Crippen LogP contribution in [0.3, 0.4) is 0 Å². The van der Waals surface area contributed by atoms with E-state index in [9.17, 15) is 9.59 Å². The number of rotatable bonds is 4. The number of furan rings is 1. The normalized spacial score (nSPS) is 9.73. The van der Waals surface area contributed by atoms with Gasteiger partial charge in [0.2, 0.25) is 11.7 Å². The maximum absolute atomic E-state index is 11.3. The molecule has 5 nitrogen and oxygen atoms in total. The largest absolute Gasteiger partial charge is 0.459 e. The van der Waals surface area contributed by atoms with E-state index in [1.165, 1.54) is 13.1 Å². The molecule has 0 spiro atoms. The molecule has 0 aliphatic carbocycles. The monoisotopic (exact) mass is 211 g/mol. The molecule has 0 aromatic carbocycles. The van der Waals surface area contributed by atoms with Crippen LogP contribution in [0.2, 0.25) is 0 Å². The molecule has 0 radical (unpaired) electrons. The summed E-state index contributed by atoms with van der Waals surface area (Å²) in [7, 11) is 1.53. The lowest BCUT2D eigenvalue weighted by Crippen LogP contribution is -2.20. The second-order valence-corrected chi connectivity index (χ2v) is 2.97. The lowest BCUT2D eigenvalue weighted by molar-refractivity contribution is -0.121. The number of esters is 1. The van der Waals surface area contributed by atoms with Gasteiger partial charge >= 0.3 is 5.97 Å². The molecule has 0 unspecified atom stereocenters. The van der Waals surface area contributed by atoms with Crippen molar-refractivity contribution in [1.82, 2.24) is 5.32 Å². The molecule has 0 fully saturated rings. The van der Waals surface area contributed by atoms with Crippen molar-refractivity contribution in [3.8, 4) is 0 Å². The van der Waals surface area contributed by atoms with Crippen LogP contribution < -0.4 is 5.32 Å². The first-order valence-corrected chi connectivity index (χ1v) is 4.57. The van der Waals surface area contributed by atoms with E-state index >= 15 is 0 Å². The Bertz CT molecular complexity index is 356. The molecule has 0 atom stereocenters. The van der Waals surface area contributed by atoms with Crippen LogP contribution in [0.4, 0.5) is 0 Å². The van der Waals surface area contributed by atoms with Gasteiger partial charge in [0.1, 0.15) is 12.4 Å². The standard InChI is InChI=1S/C10H13NO4/c1-7-3-4-8(15-7)10(13)14-6-5-9(12)11-2/h3-4H,5-6H2,1-2H3,(H,11,12). The predicted octanol–water partition coefficient (Wildman–Crippen LogP) is 0.881. The van der Waals surface area contributed by atoms with Gasteiger partial charge in [0.05, 0.1) is 6.42 Å². The lowest BCUT2D eigenvalue weighted by atomic mass is 10.4. The van der Waals surface area contributed by atoms with E-state index in [2.05, 4.69) is 5.32 Å². The summed E-state index contributed by atoms with van der Waals surface area (Å²) in [5, 5.41) is 2.43. The number of hydrogen-bond acceptors (Lipinski definition) is 4. The van der Waals surface area contributed by atoms with Crippen molar-refractivity contribution in [3.05, 3.63) is 23.7 Å². The second kappa shape index (κ2) is 5.19. The highest BCUT2D eigenvalue weighted by atomic mass is 16.5. The number of carbonyl (C=O) groups is 2. The smallest absolute Gasteiger partial charge is 0.374 e. The van der Waals surface area contributed by atoms with Crippen molar-refractivity contribution < 1.29 is 18.7 Å². The van der Waals surface area contributed by atoms with Gasteiger partial charge in [-0.25, -0.2) is 4.79 Å². The topological polar surface area (TPSA) is 68.5 Å². The minimum absolute atomic E-state index is 0.0538. The van der Waals surface area contributed by atoms with Gasteiger partial charge < -0.3 is 14.5 Å². The highest BCUT2D eigenvalue weighted by Gasteiger charge is 2.11. The summed E-state index contributed by atoms with van der Waals surface area (Å²) >= 11 is 0. The molecule has 82 valence electrons. The summed E-state index contributed by atoms with van der Waals surface area (Å²) < 4.78 is 9.87. The van der Waals surface area contributed by atoms with Crippen LogP contribution in [0.25, 0.3) is 0 Å². The van der Waals surface area contributed by atoms with E-state index in [1.807, 2.05) is 0 Å². The summed E-state index contributed by atoms with van der Waals surface area (Å²) in [6, 6.07) is 3.22. The first-order valence-electron chi connectivity index (χ1n) is 4.57. The Labute approximate surface area is 87.4 Å². The highest BCUT2D eigenvalue weighted by Crippen LogP contribution is 2.07.